The molecule has 0 saturated carbocycles. The molecule has 4 rings (SSSR count). The van der Waals surface area contributed by atoms with Crippen molar-refractivity contribution in [2.75, 3.05) is 12.4 Å². The van der Waals surface area contributed by atoms with E-state index in [9.17, 15) is 4.79 Å². The van der Waals surface area contributed by atoms with E-state index in [1.807, 2.05) is 55.5 Å². The Morgan fingerprint density at radius 2 is 1.93 bits per heavy atom. The summed E-state index contributed by atoms with van der Waals surface area (Å²) in [6.07, 6.45) is 0.453. The van der Waals surface area contributed by atoms with Gasteiger partial charge in [-0.25, -0.2) is 5.01 Å². The molecular weight excluding hydrogens is 372 g/mol. The van der Waals surface area contributed by atoms with Crippen molar-refractivity contribution in [3.05, 3.63) is 64.7 Å². The molecule has 2 aliphatic rings. The van der Waals surface area contributed by atoms with Gasteiger partial charge in [0.25, 0.3) is 5.91 Å². The summed E-state index contributed by atoms with van der Waals surface area (Å²) >= 11 is 1.50. The molecule has 0 saturated heterocycles. The maximum Gasteiger partial charge on any atom is 0.276 e. The van der Waals surface area contributed by atoms with Crippen LogP contribution in [0.4, 0.5) is 0 Å². The van der Waals surface area contributed by atoms with E-state index in [1.165, 1.54) is 11.8 Å². The van der Waals surface area contributed by atoms with E-state index in [1.54, 1.807) is 5.01 Å². The van der Waals surface area contributed by atoms with Crippen molar-refractivity contribution in [2.45, 2.75) is 26.4 Å². The summed E-state index contributed by atoms with van der Waals surface area (Å²) in [5, 5.41) is 11.5. The van der Waals surface area contributed by atoms with Gasteiger partial charge in [0, 0.05) is 10.8 Å². The Morgan fingerprint density at radius 3 is 2.75 bits per heavy atom. The van der Waals surface area contributed by atoms with Crippen LogP contribution in [0, 0.1) is 0 Å². The number of nitrogens with one attached hydrogen (secondary N) is 1. The first-order chi connectivity index (χ1) is 13.7. The summed E-state index contributed by atoms with van der Waals surface area (Å²) in [4.78, 5) is 17.9. The highest BCUT2D eigenvalue weighted by Crippen LogP contribution is 2.35. The summed E-state index contributed by atoms with van der Waals surface area (Å²) in [7, 11) is 0. The number of fused-ring (bicyclic) bond motifs is 2. The summed E-state index contributed by atoms with van der Waals surface area (Å²) in [6, 6.07) is 15.5. The monoisotopic (exact) mass is 394 g/mol. The Kier molecular flexibility index (Phi) is 5.34. The molecule has 1 N–H and O–H groups in total. The molecule has 2 aromatic carbocycles. The van der Waals surface area contributed by atoms with Crippen molar-refractivity contribution in [3.8, 4) is 5.75 Å². The molecule has 0 fully saturated rings. The fraction of sp³-hybridized carbons (Fsp3) is 0.286. The third kappa shape index (κ3) is 3.38. The number of benzene rings is 2. The highest BCUT2D eigenvalue weighted by Gasteiger charge is 2.35. The molecular formula is C21H22N4O2S. The molecule has 2 aromatic rings. The van der Waals surface area contributed by atoms with E-state index in [0.717, 1.165) is 34.1 Å². The van der Waals surface area contributed by atoms with Crippen LogP contribution in [-0.4, -0.2) is 28.4 Å². The number of hydrazone groups is 1. The van der Waals surface area contributed by atoms with E-state index in [4.69, 9.17) is 14.8 Å². The summed E-state index contributed by atoms with van der Waals surface area (Å²) < 4.78 is 5.96. The maximum absolute atomic E-state index is 13.0. The van der Waals surface area contributed by atoms with Gasteiger partial charge in [-0.05, 0) is 24.3 Å². The number of carbonyl (C=O) groups is 1. The largest absolute Gasteiger partial charge is 0.493 e. The predicted molar refractivity (Wildman–Crippen MR) is 111 cm³/mol. The van der Waals surface area contributed by atoms with Crippen LogP contribution in [0.2, 0.25) is 0 Å². The maximum atomic E-state index is 13.0. The van der Waals surface area contributed by atoms with E-state index in [2.05, 4.69) is 12.2 Å². The lowest BCUT2D eigenvalue weighted by atomic mass is 10.1. The van der Waals surface area contributed by atoms with Crippen LogP contribution < -0.4 is 20.6 Å². The quantitative estimate of drug-likeness (QED) is 0.846. The molecule has 0 bridgehead atoms. The molecule has 0 aliphatic carbocycles. The number of para-hydroxylation sites is 2. The molecule has 0 spiro atoms. The first kappa shape index (κ1) is 18.6. The minimum absolute atomic E-state index is 0.162. The number of amides is 1. The van der Waals surface area contributed by atoms with Crippen molar-refractivity contribution in [1.82, 2.24) is 10.3 Å². The van der Waals surface area contributed by atoms with Crippen molar-refractivity contribution >= 4 is 28.5 Å². The van der Waals surface area contributed by atoms with Gasteiger partial charge in [0.05, 0.1) is 12.0 Å². The molecule has 2 aliphatic heterocycles. The van der Waals surface area contributed by atoms with Crippen molar-refractivity contribution in [2.24, 2.45) is 10.1 Å². The topological polar surface area (TPSA) is 66.3 Å². The predicted octanol–water partition coefficient (Wildman–Crippen LogP) is 2.37. The second-order valence-corrected chi connectivity index (χ2v) is 7.64. The fourth-order valence-electron chi connectivity index (χ4n) is 3.27. The zero-order valence-corrected chi connectivity index (χ0v) is 16.7. The van der Waals surface area contributed by atoms with Gasteiger partial charge in [-0.3, -0.25) is 15.1 Å². The molecule has 1 amide bonds. The number of thioether (sulfide) groups is 1. The second kappa shape index (κ2) is 8.06. The zero-order valence-electron chi connectivity index (χ0n) is 15.9. The number of hydrogen-bond donors (Lipinski definition) is 1. The normalized spacial score (nSPS) is 17.9. The Bertz CT molecular complexity index is 1050. The minimum Gasteiger partial charge on any atom is -0.493 e. The lowest BCUT2D eigenvalue weighted by molar-refractivity contribution is -0.116. The Hall–Kier alpha value is -2.80. The standard InChI is InChI=1S/C21H22N4O2S/c1-3-13-27-17-12-8-6-10-15(17)19-22-16-11-7-5-9-14(16)18-20(26)23-21(28-4-2)24-25(18)19/h5-12,19H,3-4,13H2,1-2H3,(H,23,24,26). The lowest BCUT2D eigenvalue weighted by Crippen LogP contribution is -2.50. The zero-order chi connectivity index (χ0) is 19.5. The van der Waals surface area contributed by atoms with Gasteiger partial charge in [0.1, 0.15) is 11.4 Å². The Morgan fingerprint density at radius 1 is 1.14 bits per heavy atom. The molecule has 0 aromatic heterocycles. The van der Waals surface area contributed by atoms with Crippen LogP contribution in [0.3, 0.4) is 0 Å². The Balaban J connectivity index is 1.90. The minimum atomic E-state index is -0.462. The van der Waals surface area contributed by atoms with Gasteiger partial charge in [-0.1, -0.05) is 62.0 Å². The molecule has 0 radical (unpaired) electrons. The van der Waals surface area contributed by atoms with Crippen LogP contribution in [0.5, 0.6) is 5.75 Å². The highest BCUT2D eigenvalue weighted by atomic mass is 32.2. The van der Waals surface area contributed by atoms with Crippen LogP contribution in [-0.2, 0) is 4.79 Å². The third-order valence-corrected chi connectivity index (χ3v) is 5.20. The van der Waals surface area contributed by atoms with Crippen LogP contribution in [0.15, 0.2) is 58.6 Å². The Labute approximate surface area is 168 Å². The van der Waals surface area contributed by atoms with Gasteiger partial charge >= 0.3 is 0 Å². The SMILES string of the molecule is CCCOc1ccccc1C1N=c2ccccc2=C2C(=O)NC(SCC)=NN21. The van der Waals surface area contributed by atoms with Gasteiger partial charge in [0.15, 0.2) is 11.3 Å². The first-order valence-electron chi connectivity index (χ1n) is 9.43. The number of nitrogens with zero attached hydrogens (tertiary/aromatic N) is 3. The molecule has 144 valence electrons. The average molecular weight is 395 g/mol. The molecule has 7 heteroatoms. The number of carbonyl (C=O) groups excluding carboxylic acids is 1. The molecule has 1 unspecified atom stereocenters. The first-order valence-corrected chi connectivity index (χ1v) is 10.4. The smallest absolute Gasteiger partial charge is 0.276 e. The third-order valence-electron chi connectivity index (χ3n) is 4.46. The summed E-state index contributed by atoms with van der Waals surface area (Å²) in [6.45, 7) is 4.72. The number of ether oxygens (including phenoxy) is 1. The van der Waals surface area contributed by atoms with Gasteiger partial charge in [-0.15, -0.1) is 5.10 Å². The highest BCUT2D eigenvalue weighted by molar-refractivity contribution is 8.13. The second-order valence-electron chi connectivity index (χ2n) is 6.39. The molecule has 6 nitrogen and oxygen atoms in total. The van der Waals surface area contributed by atoms with Crippen molar-refractivity contribution < 1.29 is 9.53 Å². The van der Waals surface area contributed by atoms with Crippen molar-refractivity contribution in [3.63, 3.8) is 0 Å². The average Bonchev–Trinajstić information content (AvgIpc) is 2.72. The van der Waals surface area contributed by atoms with E-state index < -0.39 is 6.17 Å². The molecule has 2 heterocycles. The lowest BCUT2D eigenvalue weighted by Gasteiger charge is -2.34. The van der Waals surface area contributed by atoms with Gasteiger partial charge in [-0.2, -0.15) is 0 Å². The van der Waals surface area contributed by atoms with Crippen molar-refractivity contribution in [1.29, 1.82) is 0 Å². The number of amidine groups is 1. The van der Waals surface area contributed by atoms with Crippen LogP contribution >= 0.6 is 11.8 Å². The summed E-state index contributed by atoms with van der Waals surface area (Å²) in [5.74, 6) is 1.42. The molecule has 1 atom stereocenters. The van der Waals surface area contributed by atoms with Crippen LogP contribution in [0.25, 0.3) is 5.70 Å². The molecule has 28 heavy (non-hydrogen) atoms. The van der Waals surface area contributed by atoms with Gasteiger partial charge < -0.3 is 4.74 Å². The number of hydrogen-bond acceptors (Lipinski definition) is 6. The van der Waals surface area contributed by atoms with E-state index >= 15 is 0 Å². The van der Waals surface area contributed by atoms with Crippen LogP contribution in [0.1, 0.15) is 32.0 Å². The number of rotatable bonds is 5. The fourth-order valence-corrected chi connectivity index (χ4v) is 3.85. The van der Waals surface area contributed by atoms with E-state index in [0.29, 0.717) is 17.5 Å². The van der Waals surface area contributed by atoms with Gasteiger partial charge in [0.2, 0.25) is 0 Å². The summed E-state index contributed by atoms with van der Waals surface area (Å²) in [5.41, 5.74) is 1.41. The van der Waals surface area contributed by atoms with E-state index in [-0.39, 0.29) is 5.91 Å².